The Labute approximate surface area is 130 Å². The molecule has 1 saturated carbocycles. The smallest absolute Gasteiger partial charge is 0.126 e. The SMILES string of the molecule is O[C@@H]1CCC(Nc2ccc(-c3ccncc3)cn2)CC[C@@H]1O. The molecule has 2 aromatic heterocycles. The van der Waals surface area contributed by atoms with Gasteiger partial charge in [0.05, 0.1) is 12.2 Å². The Hall–Kier alpha value is -1.98. The molecule has 1 aliphatic carbocycles. The van der Waals surface area contributed by atoms with Gasteiger partial charge in [0.1, 0.15) is 5.82 Å². The first-order chi connectivity index (χ1) is 10.7. The molecule has 0 spiro atoms. The van der Waals surface area contributed by atoms with Crippen LogP contribution in [0.1, 0.15) is 25.7 Å². The zero-order valence-corrected chi connectivity index (χ0v) is 12.4. The van der Waals surface area contributed by atoms with Crippen molar-refractivity contribution in [3.63, 3.8) is 0 Å². The van der Waals surface area contributed by atoms with Crippen molar-refractivity contribution in [3.8, 4) is 11.1 Å². The molecule has 1 unspecified atom stereocenters. The predicted octanol–water partition coefficient (Wildman–Crippen LogP) is 2.22. The lowest BCUT2D eigenvalue weighted by Gasteiger charge is -2.17. The number of aromatic nitrogens is 2. The number of pyridine rings is 2. The van der Waals surface area contributed by atoms with E-state index in [1.165, 1.54) is 0 Å². The highest BCUT2D eigenvalue weighted by Crippen LogP contribution is 2.23. The van der Waals surface area contributed by atoms with Gasteiger partial charge in [-0.15, -0.1) is 0 Å². The summed E-state index contributed by atoms with van der Waals surface area (Å²) in [5.74, 6) is 0.827. The highest BCUT2D eigenvalue weighted by Gasteiger charge is 2.24. The van der Waals surface area contributed by atoms with Crippen molar-refractivity contribution < 1.29 is 10.2 Å². The molecule has 1 aliphatic rings. The molecule has 1 fully saturated rings. The number of hydrogen-bond donors (Lipinski definition) is 3. The Balaban J connectivity index is 1.64. The maximum absolute atomic E-state index is 9.71. The number of rotatable bonds is 3. The minimum Gasteiger partial charge on any atom is -0.390 e. The molecule has 0 bridgehead atoms. The molecule has 0 saturated heterocycles. The minimum absolute atomic E-state index is 0.242. The van der Waals surface area contributed by atoms with Crippen molar-refractivity contribution in [2.45, 2.75) is 43.9 Å². The van der Waals surface area contributed by atoms with Gasteiger partial charge in [0.15, 0.2) is 0 Å². The minimum atomic E-state index is -0.603. The standard InChI is InChI=1S/C17H21N3O2/c21-15-4-2-14(3-5-16(15)22)20-17-6-1-13(11-19-17)12-7-9-18-10-8-12/h1,6-11,14-16,21-22H,2-5H2,(H,19,20)/t14?,15-,16+. The van der Waals surface area contributed by atoms with Gasteiger partial charge in [-0.1, -0.05) is 0 Å². The van der Waals surface area contributed by atoms with Crippen molar-refractivity contribution in [1.29, 1.82) is 0 Å². The third kappa shape index (κ3) is 3.61. The highest BCUT2D eigenvalue weighted by atomic mass is 16.3. The molecule has 0 aliphatic heterocycles. The van der Waals surface area contributed by atoms with Crippen molar-refractivity contribution >= 4 is 5.82 Å². The molecule has 5 heteroatoms. The summed E-state index contributed by atoms with van der Waals surface area (Å²) in [4.78, 5) is 8.47. The van der Waals surface area contributed by atoms with Gasteiger partial charge in [-0.3, -0.25) is 4.98 Å². The molecule has 116 valence electrons. The summed E-state index contributed by atoms with van der Waals surface area (Å²) in [6, 6.07) is 8.15. The molecular formula is C17H21N3O2. The number of aliphatic hydroxyl groups is 2. The summed E-state index contributed by atoms with van der Waals surface area (Å²) in [7, 11) is 0. The van der Waals surface area contributed by atoms with Crippen LogP contribution < -0.4 is 5.32 Å². The second-order valence-corrected chi connectivity index (χ2v) is 5.80. The molecule has 2 aromatic rings. The zero-order chi connectivity index (χ0) is 15.4. The first-order valence-corrected chi connectivity index (χ1v) is 7.71. The number of anilines is 1. The third-order valence-corrected chi connectivity index (χ3v) is 4.20. The van der Waals surface area contributed by atoms with Gasteiger partial charge in [-0.2, -0.15) is 0 Å². The summed E-state index contributed by atoms with van der Waals surface area (Å²) >= 11 is 0. The second kappa shape index (κ2) is 6.85. The lowest BCUT2D eigenvalue weighted by atomic mass is 10.1. The van der Waals surface area contributed by atoms with E-state index in [1.807, 2.05) is 30.5 Å². The molecule has 5 nitrogen and oxygen atoms in total. The van der Waals surface area contributed by atoms with Crippen molar-refractivity contribution in [2.24, 2.45) is 0 Å². The summed E-state index contributed by atoms with van der Waals surface area (Å²) in [5, 5.41) is 22.8. The van der Waals surface area contributed by atoms with E-state index in [1.54, 1.807) is 12.4 Å². The van der Waals surface area contributed by atoms with Gasteiger partial charge in [-0.25, -0.2) is 4.98 Å². The van der Waals surface area contributed by atoms with Gasteiger partial charge in [0.2, 0.25) is 0 Å². The van der Waals surface area contributed by atoms with Crippen LogP contribution in [0.3, 0.4) is 0 Å². The van der Waals surface area contributed by atoms with E-state index in [0.29, 0.717) is 12.8 Å². The molecule has 2 heterocycles. The Bertz CT molecular complexity index is 577. The fourth-order valence-corrected chi connectivity index (χ4v) is 2.82. The van der Waals surface area contributed by atoms with E-state index in [2.05, 4.69) is 15.3 Å². The van der Waals surface area contributed by atoms with E-state index >= 15 is 0 Å². The fraction of sp³-hybridized carbons (Fsp3) is 0.412. The first-order valence-electron chi connectivity index (χ1n) is 7.71. The number of nitrogens with zero attached hydrogens (tertiary/aromatic N) is 2. The van der Waals surface area contributed by atoms with E-state index in [-0.39, 0.29) is 6.04 Å². The summed E-state index contributed by atoms with van der Waals surface area (Å²) < 4.78 is 0. The average Bonchev–Trinajstić information content (AvgIpc) is 2.72. The van der Waals surface area contributed by atoms with Crippen LogP contribution in [0, 0.1) is 0 Å². The maximum atomic E-state index is 9.71. The van der Waals surface area contributed by atoms with Crippen LogP contribution in [-0.2, 0) is 0 Å². The van der Waals surface area contributed by atoms with Crippen LogP contribution in [-0.4, -0.2) is 38.4 Å². The van der Waals surface area contributed by atoms with Crippen LogP contribution in [0.4, 0.5) is 5.82 Å². The summed E-state index contributed by atoms with van der Waals surface area (Å²) in [5.41, 5.74) is 2.15. The zero-order valence-electron chi connectivity index (χ0n) is 12.4. The predicted molar refractivity (Wildman–Crippen MR) is 85.4 cm³/mol. The molecule has 3 rings (SSSR count). The highest BCUT2D eigenvalue weighted by molar-refractivity contribution is 5.63. The van der Waals surface area contributed by atoms with Crippen LogP contribution in [0.5, 0.6) is 0 Å². The Kier molecular flexibility index (Phi) is 4.65. The second-order valence-electron chi connectivity index (χ2n) is 5.80. The number of hydrogen-bond acceptors (Lipinski definition) is 5. The molecule has 22 heavy (non-hydrogen) atoms. The van der Waals surface area contributed by atoms with E-state index in [4.69, 9.17) is 0 Å². The largest absolute Gasteiger partial charge is 0.390 e. The van der Waals surface area contributed by atoms with Gasteiger partial charge in [-0.05, 0) is 55.5 Å². The molecule has 0 amide bonds. The maximum Gasteiger partial charge on any atom is 0.126 e. The van der Waals surface area contributed by atoms with E-state index < -0.39 is 12.2 Å². The summed E-state index contributed by atoms with van der Waals surface area (Å²) in [6.07, 6.45) is 7.09. The first kappa shape index (κ1) is 14.9. The normalized spacial score (nSPS) is 25.5. The van der Waals surface area contributed by atoms with Crippen molar-refractivity contribution in [1.82, 2.24) is 9.97 Å². The quantitative estimate of drug-likeness (QED) is 0.757. The fourth-order valence-electron chi connectivity index (χ4n) is 2.82. The summed E-state index contributed by atoms with van der Waals surface area (Å²) in [6.45, 7) is 0. The third-order valence-electron chi connectivity index (χ3n) is 4.20. The van der Waals surface area contributed by atoms with Crippen LogP contribution >= 0.6 is 0 Å². The molecule has 3 atom stereocenters. The number of nitrogens with one attached hydrogen (secondary N) is 1. The molecule has 3 N–H and O–H groups in total. The Morgan fingerprint density at radius 1 is 0.864 bits per heavy atom. The lowest BCUT2D eigenvalue weighted by Crippen LogP contribution is -2.23. The molecule has 0 radical (unpaired) electrons. The van der Waals surface area contributed by atoms with Crippen LogP contribution in [0.2, 0.25) is 0 Å². The van der Waals surface area contributed by atoms with Gasteiger partial charge in [0, 0.05) is 30.2 Å². The monoisotopic (exact) mass is 299 g/mol. The molecule has 0 aromatic carbocycles. The topological polar surface area (TPSA) is 78.3 Å². The Morgan fingerprint density at radius 2 is 1.55 bits per heavy atom. The van der Waals surface area contributed by atoms with E-state index in [9.17, 15) is 10.2 Å². The average molecular weight is 299 g/mol. The van der Waals surface area contributed by atoms with Crippen molar-refractivity contribution in [3.05, 3.63) is 42.9 Å². The lowest BCUT2D eigenvalue weighted by molar-refractivity contribution is 0.0157. The Morgan fingerprint density at radius 3 is 2.14 bits per heavy atom. The van der Waals surface area contributed by atoms with Crippen LogP contribution in [0.15, 0.2) is 42.9 Å². The van der Waals surface area contributed by atoms with Crippen LogP contribution in [0.25, 0.3) is 11.1 Å². The van der Waals surface area contributed by atoms with E-state index in [0.717, 1.165) is 29.8 Å². The van der Waals surface area contributed by atoms with Gasteiger partial charge in [0.25, 0.3) is 0 Å². The van der Waals surface area contributed by atoms with Crippen molar-refractivity contribution in [2.75, 3.05) is 5.32 Å². The molecular weight excluding hydrogens is 278 g/mol. The van der Waals surface area contributed by atoms with Gasteiger partial charge >= 0.3 is 0 Å². The van der Waals surface area contributed by atoms with Gasteiger partial charge < -0.3 is 15.5 Å². The number of aliphatic hydroxyl groups excluding tert-OH is 2.